The zero-order valence-corrected chi connectivity index (χ0v) is 21.4. The van der Waals surface area contributed by atoms with Gasteiger partial charge in [-0.3, -0.25) is 23.8 Å². The molecule has 1 aromatic carbocycles. The molecule has 1 aliphatic carbocycles. The third-order valence-corrected chi connectivity index (χ3v) is 7.77. The number of rotatable bonds is 5. The van der Waals surface area contributed by atoms with Crippen LogP contribution in [0.2, 0.25) is 0 Å². The molecule has 6 rings (SSSR count). The Kier molecular flexibility index (Phi) is 5.74. The van der Waals surface area contributed by atoms with Crippen molar-refractivity contribution in [1.82, 2.24) is 28.9 Å². The Morgan fingerprint density at radius 2 is 1.73 bits per heavy atom. The normalized spacial score (nSPS) is 18.0. The van der Waals surface area contributed by atoms with Gasteiger partial charge in [-0.1, -0.05) is 12.1 Å². The second kappa shape index (κ2) is 9.10. The van der Waals surface area contributed by atoms with Crippen LogP contribution < -0.4 is 5.69 Å². The number of pyridine rings is 2. The molecule has 37 heavy (non-hydrogen) atoms. The standard InChI is InChI=1S/C29H30N6O2/c1-18(36)12-19-4-8-23(9-5-19)35-28-24-13-20(6-11-26(24)31-16-27(28)34(3)29(35)37)21-7-10-25(30-14-21)22-15-32-33(2)17-22/h6-7,10-11,13-17,19,23H,4-5,8-9,12H2,1-3H3. The van der Waals surface area contributed by atoms with Crippen molar-refractivity contribution < 1.29 is 4.79 Å². The van der Waals surface area contributed by atoms with Crippen molar-refractivity contribution in [1.29, 1.82) is 0 Å². The van der Waals surface area contributed by atoms with Gasteiger partial charge in [0.15, 0.2) is 0 Å². The minimum Gasteiger partial charge on any atom is -0.300 e. The molecule has 1 fully saturated rings. The number of Topliss-reactive ketones (excluding diaryl/α,β-unsaturated/α-hetero) is 1. The first-order valence-corrected chi connectivity index (χ1v) is 12.8. The average Bonchev–Trinajstić information content (AvgIpc) is 3.45. The zero-order chi connectivity index (χ0) is 25.7. The molecule has 0 amide bonds. The topological polar surface area (TPSA) is 87.6 Å². The predicted octanol–water partition coefficient (Wildman–Crippen LogP) is 5.06. The van der Waals surface area contributed by atoms with Crippen molar-refractivity contribution in [3.05, 3.63) is 65.6 Å². The zero-order valence-electron chi connectivity index (χ0n) is 21.4. The third kappa shape index (κ3) is 4.16. The van der Waals surface area contributed by atoms with Crippen LogP contribution in [0.3, 0.4) is 0 Å². The summed E-state index contributed by atoms with van der Waals surface area (Å²) < 4.78 is 5.46. The van der Waals surface area contributed by atoms with Gasteiger partial charge in [-0.25, -0.2) is 4.79 Å². The van der Waals surface area contributed by atoms with Gasteiger partial charge in [0.05, 0.1) is 34.6 Å². The van der Waals surface area contributed by atoms with Gasteiger partial charge in [-0.05, 0) is 62.3 Å². The fourth-order valence-corrected chi connectivity index (χ4v) is 5.85. The number of hydrogen-bond donors (Lipinski definition) is 0. The molecular formula is C29H30N6O2. The number of imidazole rings is 1. The molecule has 0 atom stereocenters. The number of nitrogens with zero attached hydrogens (tertiary/aromatic N) is 6. The van der Waals surface area contributed by atoms with Gasteiger partial charge in [0.1, 0.15) is 5.78 Å². The maximum Gasteiger partial charge on any atom is 0.329 e. The lowest BCUT2D eigenvalue weighted by molar-refractivity contribution is -0.118. The lowest BCUT2D eigenvalue weighted by Gasteiger charge is -2.29. The summed E-state index contributed by atoms with van der Waals surface area (Å²) in [5, 5.41) is 5.20. The maximum atomic E-state index is 13.4. The van der Waals surface area contributed by atoms with Crippen molar-refractivity contribution in [2.24, 2.45) is 20.0 Å². The van der Waals surface area contributed by atoms with Crippen LogP contribution in [-0.2, 0) is 18.9 Å². The molecule has 5 aromatic rings. The van der Waals surface area contributed by atoms with Crippen molar-refractivity contribution in [3.8, 4) is 22.4 Å². The molecule has 0 spiro atoms. The SMILES string of the molecule is CC(=O)CC1CCC(n2c(=O)n(C)c3cnc4ccc(-c5ccc(-c6cnn(C)c6)nc5)cc4c32)CC1. The van der Waals surface area contributed by atoms with E-state index in [-0.39, 0.29) is 17.5 Å². The lowest BCUT2D eigenvalue weighted by atomic mass is 9.83. The van der Waals surface area contributed by atoms with E-state index in [4.69, 9.17) is 0 Å². The van der Waals surface area contributed by atoms with Crippen LogP contribution in [0.4, 0.5) is 0 Å². The van der Waals surface area contributed by atoms with Crippen LogP contribution in [0.1, 0.15) is 45.1 Å². The summed E-state index contributed by atoms with van der Waals surface area (Å²) in [6.45, 7) is 1.67. The first kappa shape index (κ1) is 23.3. The van der Waals surface area contributed by atoms with Gasteiger partial charge in [0.25, 0.3) is 0 Å². The molecule has 1 aliphatic rings. The summed E-state index contributed by atoms with van der Waals surface area (Å²) in [5.41, 5.74) is 6.51. The number of benzene rings is 1. The van der Waals surface area contributed by atoms with Crippen LogP contribution in [0, 0.1) is 5.92 Å². The highest BCUT2D eigenvalue weighted by Crippen LogP contribution is 2.37. The summed E-state index contributed by atoms with van der Waals surface area (Å²) >= 11 is 0. The molecule has 0 N–H and O–H groups in total. The van der Waals surface area contributed by atoms with Crippen molar-refractivity contribution in [3.63, 3.8) is 0 Å². The minimum absolute atomic E-state index is 0.00721. The third-order valence-electron chi connectivity index (χ3n) is 7.77. The van der Waals surface area contributed by atoms with Crippen molar-refractivity contribution in [2.45, 2.75) is 45.1 Å². The fraction of sp³-hybridized carbons (Fsp3) is 0.345. The molecule has 0 radical (unpaired) electrons. The Hall–Kier alpha value is -4.07. The second-order valence-corrected chi connectivity index (χ2v) is 10.4. The smallest absolute Gasteiger partial charge is 0.300 e. The quantitative estimate of drug-likeness (QED) is 0.341. The van der Waals surface area contributed by atoms with E-state index in [1.165, 1.54) is 0 Å². The molecule has 4 aromatic heterocycles. The molecule has 0 aliphatic heterocycles. The highest BCUT2D eigenvalue weighted by Gasteiger charge is 2.27. The van der Waals surface area contributed by atoms with E-state index in [1.54, 1.807) is 22.4 Å². The van der Waals surface area contributed by atoms with E-state index in [1.807, 2.05) is 49.4 Å². The number of aromatic nitrogens is 6. The molecule has 4 heterocycles. The van der Waals surface area contributed by atoms with Gasteiger partial charge >= 0.3 is 5.69 Å². The largest absolute Gasteiger partial charge is 0.329 e. The molecular weight excluding hydrogens is 464 g/mol. The predicted molar refractivity (Wildman–Crippen MR) is 144 cm³/mol. The van der Waals surface area contributed by atoms with Crippen LogP contribution in [0.5, 0.6) is 0 Å². The van der Waals surface area contributed by atoms with Crippen molar-refractivity contribution >= 4 is 27.7 Å². The molecule has 0 bridgehead atoms. The Morgan fingerprint density at radius 3 is 2.41 bits per heavy atom. The fourth-order valence-electron chi connectivity index (χ4n) is 5.85. The average molecular weight is 495 g/mol. The maximum absolute atomic E-state index is 13.4. The number of carbonyl (C=O) groups is 1. The van der Waals surface area contributed by atoms with Crippen LogP contribution >= 0.6 is 0 Å². The van der Waals surface area contributed by atoms with Gasteiger partial charge in [-0.2, -0.15) is 5.10 Å². The Bertz CT molecular complexity index is 1680. The number of carbonyl (C=O) groups excluding carboxylic acids is 1. The van der Waals surface area contributed by atoms with Crippen molar-refractivity contribution in [2.75, 3.05) is 0 Å². The van der Waals surface area contributed by atoms with Gasteiger partial charge in [-0.15, -0.1) is 0 Å². The molecule has 8 nitrogen and oxygen atoms in total. The Balaban J connectivity index is 1.41. The first-order chi connectivity index (χ1) is 17.9. The number of hydrogen-bond acceptors (Lipinski definition) is 5. The summed E-state index contributed by atoms with van der Waals surface area (Å²) in [6, 6.07) is 10.4. The monoisotopic (exact) mass is 494 g/mol. The summed E-state index contributed by atoms with van der Waals surface area (Å²) in [6.07, 6.45) is 11.8. The highest BCUT2D eigenvalue weighted by atomic mass is 16.1. The van der Waals surface area contributed by atoms with Crippen LogP contribution in [0.25, 0.3) is 44.3 Å². The van der Waals surface area contributed by atoms with E-state index >= 15 is 0 Å². The van der Waals surface area contributed by atoms with E-state index in [2.05, 4.69) is 33.3 Å². The van der Waals surface area contributed by atoms with E-state index in [0.29, 0.717) is 12.3 Å². The van der Waals surface area contributed by atoms with Gasteiger partial charge < -0.3 is 4.79 Å². The van der Waals surface area contributed by atoms with E-state index < -0.39 is 0 Å². The van der Waals surface area contributed by atoms with E-state index in [9.17, 15) is 9.59 Å². The van der Waals surface area contributed by atoms with Crippen LogP contribution in [-0.4, -0.2) is 34.7 Å². The Labute approximate surface area is 214 Å². The summed E-state index contributed by atoms with van der Waals surface area (Å²) in [4.78, 5) is 34.4. The lowest BCUT2D eigenvalue weighted by Crippen LogP contribution is -2.29. The number of ketones is 1. The minimum atomic E-state index is -0.00721. The van der Waals surface area contributed by atoms with Crippen LogP contribution in [0.15, 0.2) is 59.9 Å². The molecule has 8 heteroatoms. The molecule has 188 valence electrons. The van der Waals surface area contributed by atoms with Gasteiger partial charge in [0, 0.05) is 55.5 Å². The number of fused-ring (bicyclic) bond motifs is 3. The molecule has 1 saturated carbocycles. The first-order valence-electron chi connectivity index (χ1n) is 12.8. The van der Waals surface area contributed by atoms with Gasteiger partial charge in [0.2, 0.25) is 0 Å². The molecule has 0 saturated heterocycles. The molecule has 0 unspecified atom stereocenters. The summed E-state index contributed by atoms with van der Waals surface area (Å²) in [5.74, 6) is 0.671. The number of aryl methyl sites for hydroxylation is 2. The highest BCUT2D eigenvalue weighted by molar-refractivity contribution is 6.04. The Morgan fingerprint density at radius 1 is 0.946 bits per heavy atom. The second-order valence-electron chi connectivity index (χ2n) is 10.4. The van der Waals surface area contributed by atoms with E-state index in [0.717, 1.165) is 70.0 Å². The summed E-state index contributed by atoms with van der Waals surface area (Å²) in [7, 11) is 3.71.